The third-order valence-corrected chi connectivity index (χ3v) is 2.59. The number of benzene rings is 1. The summed E-state index contributed by atoms with van der Waals surface area (Å²) in [7, 11) is 0. The Morgan fingerprint density at radius 1 is 1.12 bits per heavy atom. The largest absolute Gasteiger partial charge is 0.439 e. The van der Waals surface area contributed by atoms with E-state index in [0.29, 0.717) is 10.9 Å². The Morgan fingerprint density at radius 2 is 2.06 bits per heavy atom. The third-order valence-electron chi connectivity index (χ3n) is 2.36. The normalized spacial score (nSPS) is 10.6. The number of aromatic amines is 1. The van der Waals surface area contributed by atoms with Crippen molar-refractivity contribution in [1.82, 2.24) is 15.2 Å². The molecule has 1 aromatic carbocycles. The number of hydrogen-bond donors (Lipinski definition) is 1. The van der Waals surface area contributed by atoms with E-state index in [1.807, 2.05) is 12.1 Å². The van der Waals surface area contributed by atoms with Gasteiger partial charge in [0.2, 0.25) is 5.88 Å². The molecule has 0 aliphatic heterocycles. The van der Waals surface area contributed by atoms with Crippen LogP contribution < -0.4 is 4.74 Å². The fraction of sp³-hybridized carbons (Fsp3) is 0. The van der Waals surface area contributed by atoms with Crippen molar-refractivity contribution < 1.29 is 4.74 Å². The van der Waals surface area contributed by atoms with E-state index in [0.717, 1.165) is 16.7 Å². The Labute approximate surface area is 102 Å². The van der Waals surface area contributed by atoms with Crippen molar-refractivity contribution in [2.45, 2.75) is 0 Å². The van der Waals surface area contributed by atoms with Crippen LogP contribution >= 0.6 is 11.6 Å². The third kappa shape index (κ3) is 1.94. The van der Waals surface area contributed by atoms with E-state index in [4.69, 9.17) is 16.3 Å². The second kappa shape index (κ2) is 4.07. The molecule has 2 aromatic heterocycles. The first-order chi connectivity index (χ1) is 8.33. The van der Waals surface area contributed by atoms with Gasteiger partial charge in [-0.05, 0) is 24.3 Å². The Kier molecular flexibility index (Phi) is 2.42. The zero-order valence-electron chi connectivity index (χ0n) is 8.72. The van der Waals surface area contributed by atoms with Gasteiger partial charge in [-0.15, -0.1) is 0 Å². The van der Waals surface area contributed by atoms with E-state index in [1.54, 1.807) is 30.6 Å². The smallest absolute Gasteiger partial charge is 0.215 e. The van der Waals surface area contributed by atoms with Crippen molar-refractivity contribution in [2.75, 3.05) is 0 Å². The number of nitrogens with one attached hydrogen (secondary N) is 1. The second-order valence-electron chi connectivity index (χ2n) is 3.49. The van der Waals surface area contributed by atoms with Gasteiger partial charge in [0.1, 0.15) is 5.75 Å². The number of ether oxygens (including phenoxy) is 1. The summed E-state index contributed by atoms with van der Waals surface area (Å²) in [6.45, 7) is 0. The lowest BCUT2D eigenvalue weighted by Crippen LogP contribution is -1.87. The number of H-pyrrole nitrogens is 1. The van der Waals surface area contributed by atoms with Crippen molar-refractivity contribution in [1.29, 1.82) is 0 Å². The molecule has 1 N–H and O–H groups in total. The van der Waals surface area contributed by atoms with Gasteiger partial charge in [0.25, 0.3) is 0 Å². The van der Waals surface area contributed by atoms with E-state index >= 15 is 0 Å². The Bertz CT molecular complexity index is 652. The molecule has 84 valence electrons. The highest BCUT2D eigenvalue weighted by Crippen LogP contribution is 2.28. The molecule has 0 radical (unpaired) electrons. The monoisotopic (exact) mass is 245 g/mol. The maximum Gasteiger partial charge on any atom is 0.215 e. The predicted octanol–water partition coefficient (Wildman–Crippen LogP) is 3.40. The van der Waals surface area contributed by atoms with Crippen molar-refractivity contribution >= 4 is 22.5 Å². The summed E-state index contributed by atoms with van der Waals surface area (Å²) >= 11 is 5.92. The van der Waals surface area contributed by atoms with E-state index in [-0.39, 0.29) is 0 Å². The Balaban J connectivity index is 2.10. The number of nitrogens with zero attached hydrogens (tertiary/aromatic N) is 2. The van der Waals surface area contributed by atoms with E-state index < -0.39 is 0 Å². The lowest BCUT2D eigenvalue weighted by atomic mass is 10.2. The maximum atomic E-state index is 5.92. The summed E-state index contributed by atoms with van der Waals surface area (Å²) < 4.78 is 5.67. The highest BCUT2D eigenvalue weighted by atomic mass is 35.5. The van der Waals surface area contributed by atoms with Gasteiger partial charge >= 0.3 is 0 Å². The maximum absolute atomic E-state index is 5.92. The molecule has 3 aromatic rings. The van der Waals surface area contributed by atoms with Gasteiger partial charge in [-0.1, -0.05) is 11.6 Å². The van der Waals surface area contributed by atoms with Gasteiger partial charge in [0.05, 0.1) is 11.7 Å². The number of halogens is 1. The molecule has 0 aliphatic rings. The number of rotatable bonds is 2. The SMILES string of the molecule is Clc1ccc2c(Oc3ccn[nH]3)ccnc2c1. The number of fused-ring (bicyclic) bond motifs is 1. The van der Waals surface area contributed by atoms with E-state index in [2.05, 4.69) is 15.2 Å². The van der Waals surface area contributed by atoms with Crippen LogP contribution in [0.25, 0.3) is 10.9 Å². The topological polar surface area (TPSA) is 50.8 Å². The van der Waals surface area contributed by atoms with Crippen LogP contribution in [0.3, 0.4) is 0 Å². The zero-order chi connectivity index (χ0) is 11.7. The minimum Gasteiger partial charge on any atom is -0.439 e. The molecule has 0 amide bonds. The molecule has 0 aliphatic carbocycles. The lowest BCUT2D eigenvalue weighted by molar-refractivity contribution is 0.466. The van der Waals surface area contributed by atoms with Crippen molar-refractivity contribution in [3.05, 3.63) is 47.7 Å². The van der Waals surface area contributed by atoms with Gasteiger partial charge in [-0.3, -0.25) is 4.98 Å². The summed E-state index contributed by atoms with van der Waals surface area (Å²) in [5.41, 5.74) is 0.800. The number of hydrogen-bond acceptors (Lipinski definition) is 3. The van der Waals surface area contributed by atoms with Gasteiger partial charge in [-0.25, -0.2) is 5.10 Å². The highest BCUT2D eigenvalue weighted by molar-refractivity contribution is 6.31. The van der Waals surface area contributed by atoms with Crippen LogP contribution in [0, 0.1) is 0 Å². The van der Waals surface area contributed by atoms with Crippen molar-refractivity contribution in [3.63, 3.8) is 0 Å². The van der Waals surface area contributed by atoms with Gasteiger partial charge < -0.3 is 4.74 Å². The summed E-state index contributed by atoms with van der Waals surface area (Å²) in [5, 5.41) is 8.13. The summed E-state index contributed by atoms with van der Waals surface area (Å²) in [6.07, 6.45) is 3.32. The molecule has 17 heavy (non-hydrogen) atoms. The average Bonchev–Trinajstić information content (AvgIpc) is 2.82. The van der Waals surface area contributed by atoms with Gasteiger partial charge in [0, 0.05) is 22.7 Å². The quantitative estimate of drug-likeness (QED) is 0.753. The molecule has 5 heteroatoms. The summed E-state index contributed by atoms with van der Waals surface area (Å²) in [5.74, 6) is 1.31. The molecule has 0 spiro atoms. The van der Waals surface area contributed by atoms with Crippen molar-refractivity contribution in [2.24, 2.45) is 0 Å². The first-order valence-electron chi connectivity index (χ1n) is 5.04. The first-order valence-corrected chi connectivity index (χ1v) is 5.42. The molecular weight excluding hydrogens is 238 g/mol. The van der Waals surface area contributed by atoms with Crippen molar-refractivity contribution in [3.8, 4) is 11.6 Å². The fourth-order valence-electron chi connectivity index (χ4n) is 1.60. The highest BCUT2D eigenvalue weighted by Gasteiger charge is 2.05. The lowest BCUT2D eigenvalue weighted by Gasteiger charge is -2.06. The van der Waals surface area contributed by atoms with Gasteiger partial charge in [-0.2, -0.15) is 5.10 Å². The molecule has 0 bridgehead atoms. The average molecular weight is 246 g/mol. The predicted molar refractivity (Wildman–Crippen MR) is 65.4 cm³/mol. The Morgan fingerprint density at radius 3 is 2.88 bits per heavy atom. The standard InChI is InChI=1S/C12H8ClN3O/c13-8-1-2-9-10(7-8)14-5-3-11(9)17-12-4-6-15-16-12/h1-7H,(H,15,16). The van der Waals surface area contributed by atoms with Crippen LogP contribution in [0.1, 0.15) is 0 Å². The van der Waals surface area contributed by atoms with Crippen LogP contribution in [-0.4, -0.2) is 15.2 Å². The number of pyridine rings is 1. The fourth-order valence-corrected chi connectivity index (χ4v) is 1.77. The second-order valence-corrected chi connectivity index (χ2v) is 3.93. The molecule has 0 unspecified atom stereocenters. The van der Waals surface area contributed by atoms with Crippen LogP contribution in [-0.2, 0) is 0 Å². The van der Waals surface area contributed by atoms with Crippen LogP contribution in [0.5, 0.6) is 11.6 Å². The summed E-state index contributed by atoms with van der Waals surface area (Å²) in [6, 6.07) is 9.05. The molecule has 0 fully saturated rings. The van der Waals surface area contributed by atoms with Crippen LogP contribution in [0.15, 0.2) is 42.7 Å². The van der Waals surface area contributed by atoms with Crippen LogP contribution in [0.2, 0.25) is 5.02 Å². The van der Waals surface area contributed by atoms with Gasteiger partial charge in [0.15, 0.2) is 0 Å². The minimum atomic E-state index is 0.590. The minimum absolute atomic E-state index is 0.590. The van der Waals surface area contributed by atoms with E-state index in [9.17, 15) is 0 Å². The molecule has 2 heterocycles. The zero-order valence-corrected chi connectivity index (χ0v) is 9.48. The number of aromatic nitrogens is 3. The first kappa shape index (κ1) is 10.1. The molecule has 0 saturated heterocycles. The molecular formula is C12H8ClN3O. The molecule has 3 rings (SSSR count). The molecule has 0 saturated carbocycles. The summed E-state index contributed by atoms with van der Waals surface area (Å²) in [4.78, 5) is 4.24. The van der Waals surface area contributed by atoms with E-state index in [1.165, 1.54) is 0 Å². The van der Waals surface area contributed by atoms with Crippen LogP contribution in [0.4, 0.5) is 0 Å². The Hall–Kier alpha value is -2.07. The molecule has 0 atom stereocenters. The molecule has 4 nitrogen and oxygen atoms in total.